The zero-order chi connectivity index (χ0) is 16.2. The van der Waals surface area contributed by atoms with E-state index >= 15 is 0 Å². The largest absolute Gasteiger partial charge is 0.469 e. The maximum Gasteiger partial charge on any atom is 0.310 e. The SMILES string of the molecule is COC(=O)C(C)CN(C)C(=O)C(C)(C)c1ccc(N)cc1. The van der Waals surface area contributed by atoms with Crippen LogP contribution in [-0.4, -0.2) is 37.5 Å². The van der Waals surface area contributed by atoms with Gasteiger partial charge in [0.15, 0.2) is 0 Å². The summed E-state index contributed by atoms with van der Waals surface area (Å²) in [6.45, 7) is 5.79. The highest BCUT2D eigenvalue weighted by Crippen LogP contribution is 2.26. The molecule has 0 heterocycles. The van der Waals surface area contributed by atoms with Crippen molar-refractivity contribution in [1.82, 2.24) is 4.90 Å². The fraction of sp³-hybridized carbons (Fsp3) is 0.500. The zero-order valence-corrected chi connectivity index (χ0v) is 13.3. The molecule has 1 aromatic carbocycles. The second-order valence-electron chi connectivity index (χ2n) is 5.86. The van der Waals surface area contributed by atoms with E-state index in [-0.39, 0.29) is 17.8 Å². The number of nitrogens with two attached hydrogens (primary N) is 1. The van der Waals surface area contributed by atoms with Gasteiger partial charge in [-0.2, -0.15) is 0 Å². The molecule has 2 N–H and O–H groups in total. The van der Waals surface area contributed by atoms with Gasteiger partial charge in [0.1, 0.15) is 0 Å². The van der Waals surface area contributed by atoms with Crippen molar-refractivity contribution >= 4 is 17.6 Å². The van der Waals surface area contributed by atoms with E-state index in [4.69, 9.17) is 5.73 Å². The number of rotatable bonds is 5. The van der Waals surface area contributed by atoms with Crippen molar-refractivity contribution in [2.45, 2.75) is 26.2 Å². The first-order valence-electron chi connectivity index (χ1n) is 6.89. The summed E-state index contributed by atoms with van der Waals surface area (Å²) < 4.78 is 4.69. The van der Waals surface area contributed by atoms with E-state index in [0.717, 1.165) is 5.56 Å². The molecule has 0 saturated carbocycles. The minimum Gasteiger partial charge on any atom is -0.469 e. The van der Waals surface area contributed by atoms with Crippen LogP contribution < -0.4 is 5.73 Å². The maximum atomic E-state index is 12.6. The molecule has 5 heteroatoms. The Morgan fingerprint density at radius 3 is 2.29 bits per heavy atom. The van der Waals surface area contributed by atoms with Gasteiger partial charge in [-0.05, 0) is 31.5 Å². The van der Waals surface area contributed by atoms with Gasteiger partial charge in [0.25, 0.3) is 0 Å². The van der Waals surface area contributed by atoms with Crippen LogP contribution in [0.15, 0.2) is 24.3 Å². The van der Waals surface area contributed by atoms with Crippen molar-refractivity contribution in [2.75, 3.05) is 26.4 Å². The molecule has 116 valence electrons. The van der Waals surface area contributed by atoms with Gasteiger partial charge in [0, 0.05) is 19.3 Å². The number of amides is 1. The Bertz CT molecular complexity index is 509. The Labute approximate surface area is 126 Å². The fourth-order valence-electron chi connectivity index (χ4n) is 2.27. The van der Waals surface area contributed by atoms with Crippen molar-refractivity contribution in [3.05, 3.63) is 29.8 Å². The summed E-state index contributed by atoms with van der Waals surface area (Å²) in [6.07, 6.45) is 0. The molecule has 1 aromatic rings. The van der Waals surface area contributed by atoms with Gasteiger partial charge in [-0.25, -0.2) is 0 Å². The highest BCUT2D eigenvalue weighted by molar-refractivity contribution is 5.87. The van der Waals surface area contributed by atoms with Gasteiger partial charge in [0.2, 0.25) is 5.91 Å². The molecule has 5 nitrogen and oxygen atoms in total. The lowest BCUT2D eigenvalue weighted by molar-refractivity contribution is -0.146. The number of hydrogen-bond donors (Lipinski definition) is 1. The molecule has 0 saturated heterocycles. The Balaban J connectivity index is 2.85. The third-order valence-corrected chi connectivity index (χ3v) is 3.67. The number of hydrogen-bond acceptors (Lipinski definition) is 4. The summed E-state index contributed by atoms with van der Waals surface area (Å²) in [5, 5.41) is 0. The van der Waals surface area contributed by atoms with E-state index in [1.807, 2.05) is 26.0 Å². The van der Waals surface area contributed by atoms with Gasteiger partial charge >= 0.3 is 5.97 Å². The van der Waals surface area contributed by atoms with Gasteiger partial charge in [-0.1, -0.05) is 19.1 Å². The molecule has 1 unspecified atom stereocenters. The van der Waals surface area contributed by atoms with E-state index in [1.165, 1.54) is 7.11 Å². The molecule has 0 radical (unpaired) electrons. The van der Waals surface area contributed by atoms with E-state index in [9.17, 15) is 9.59 Å². The maximum absolute atomic E-state index is 12.6. The van der Waals surface area contributed by atoms with Crippen LogP contribution in [0.3, 0.4) is 0 Å². The molecule has 1 amide bonds. The van der Waals surface area contributed by atoms with Crippen LogP contribution in [0.25, 0.3) is 0 Å². The van der Waals surface area contributed by atoms with E-state index in [1.54, 1.807) is 31.0 Å². The number of methoxy groups -OCH3 is 1. The average Bonchev–Trinajstić information content (AvgIpc) is 2.45. The van der Waals surface area contributed by atoms with Crippen LogP contribution in [0.4, 0.5) is 5.69 Å². The third kappa shape index (κ3) is 3.97. The molecule has 1 atom stereocenters. The number of anilines is 1. The summed E-state index contributed by atoms with van der Waals surface area (Å²) in [5.41, 5.74) is 6.54. The summed E-state index contributed by atoms with van der Waals surface area (Å²) in [4.78, 5) is 25.7. The van der Waals surface area contributed by atoms with E-state index < -0.39 is 5.41 Å². The van der Waals surface area contributed by atoms with Crippen LogP contribution in [0, 0.1) is 5.92 Å². The minimum absolute atomic E-state index is 0.0528. The minimum atomic E-state index is -0.682. The Hall–Kier alpha value is -2.04. The van der Waals surface area contributed by atoms with Crippen molar-refractivity contribution in [3.63, 3.8) is 0 Å². The number of nitrogen functional groups attached to an aromatic ring is 1. The highest BCUT2D eigenvalue weighted by Gasteiger charge is 2.33. The first-order chi connectivity index (χ1) is 9.70. The Morgan fingerprint density at radius 1 is 1.29 bits per heavy atom. The fourth-order valence-corrected chi connectivity index (χ4v) is 2.27. The lowest BCUT2D eigenvalue weighted by atomic mass is 9.83. The zero-order valence-electron chi connectivity index (χ0n) is 13.3. The summed E-state index contributed by atoms with van der Waals surface area (Å²) in [6, 6.07) is 7.26. The number of esters is 1. The molecule has 0 aliphatic heterocycles. The van der Waals surface area contributed by atoms with Crippen LogP contribution in [0.2, 0.25) is 0 Å². The molecule has 1 rings (SSSR count). The quantitative estimate of drug-likeness (QED) is 0.663. The topological polar surface area (TPSA) is 72.6 Å². The predicted octanol–water partition coefficient (Wildman–Crippen LogP) is 1.81. The predicted molar refractivity (Wildman–Crippen MR) is 82.7 cm³/mol. The normalized spacial score (nSPS) is 12.6. The van der Waals surface area contributed by atoms with E-state index in [0.29, 0.717) is 12.2 Å². The molecule has 0 bridgehead atoms. The summed E-state index contributed by atoms with van der Waals surface area (Å²) in [7, 11) is 3.04. The monoisotopic (exact) mass is 292 g/mol. The number of carbonyl (C=O) groups is 2. The molecule has 0 fully saturated rings. The van der Waals surface area contributed by atoms with Crippen LogP contribution in [0.1, 0.15) is 26.3 Å². The smallest absolute Gasteiger partial charge is 0.310 e. The lowest BCUT2D eigenvalue weighted by Gasteiger charge is -2.31. The summed E-state index contributed by atoms with van der Waals surface area (Å²) in [5.74, 6) is -0.728. The highest BCUT2D eigenvalue weighted by atomic mass is 16.5. The second-order valence-corrected chi connectivity index (χ2v) is 5.86. The van der Waals surface area contributed by atoms with Gasteiger partial charge in [0.05, 0.1) is 18.4 Å². The van der Waals surface area contributed by atoms with Crippen LogP contribution in [-0.2, 0) is 19.7 Å². The van der Waals surface area contributed by atoms with Crippen molar-refractivity contribution in [3.8, 4) is 0 Å². The number of nitrogens with zero attached hydrogens (tertiary/aromatic N) is 1. The first kappa shape index (κ1) is 17.0. The molecule has 0 aliphatic carbocycles. The molecule has 0 aromatic heterocycles. The van der Waals surface area contributed by atoms with Gasteiger partial charge in [-0.3, -0.25) is 9.59 Å². The number of ether oxygens (including phenoxy) is 1. The van der Waals surface area contributed by atoms with Crippen molar-refractivity contribution in [1.29, 1.82) is 0 Å². The summed E-state index contributed by atoms with van der Waals surface area (Å²) >= 11 is 0. The Kier molecular flexibility index (Phi) is 5.35. The third-order valence-electron chi connectivity index (χ3n) is 3.67. The molecule has 0 aliphatic rings. The lowest BCUT2D eigenvalue weighted by Crippen LogP contribution is -2.44. The van der Waals surface area contributed by atoms with E-state index in [2.05, 4.69) is 4.74 Å². The molecular formula is C16H24N2O3. The number of carbonyl (C=O) groups excluding carboxylic acids is 2. The molecular weight excluding hydrogens is 268 g/mol. The molecule has 0 spiro atoms. The Morgan fingerprint density at radius 2 is 1.81 bits per heavy atom. The van der Waals surface area contributed by atoms with Gasteiger partial charge in [-0.15, -0.1) is 0 Å². The number of likely N-dealkylation sites (N-methyl/N-ethyl adjacent to an activating group) is 1. The first-order valence-corrected chi connectivity index (χ1v) is 6.89. The van der Waals surface area contributed by atoms with Crippen molar-refractivity contribution in [2.24, 2.45) is 5.92 Å². The van der Waals surface area contributed by atoms with Crippen molar-refractivity contribution < 1.29 is 14.3 Å². The standard InChI is InChI=1S/C16H24N2O3/c1-11(14(19)21-5)10-18(4)15(20)16(2,3)12-6-8-13(17)9-7-12/h6-9,11H,10,17H2,1-5H3. The van der Waals surface area contributed by atoms with Gasteiger partial charge < -0.3 is 15.4 Å². The second kappa shape index (κ2) is 6.61. The average molecular weight is 292 g/mol. The van der Waals surface area contributed by atoms with Crippen LogP contribution >= 0.6 is 0 Å². The van der Waals surface area contributed by atoms with Crippen LogP contribution in [0.5, 0.6) is 0 Å². The molecule has 21 heavy (non-hydrogen) atoms. The number of benzene rings is 1.